The van der Waals surface area contributed by atoms with Crippen molar-refractivity contribution in [1.29, 1.82) is 0 Å². The Balaban J connectivity index is 0. The van der Waals surface area contributed by atoms with E-state index >= 15 is 0 Å². The minimum Gasteiger partial charge on any atom is -1.00 e. The molecule has 0 aliphatic rings. The van der Waals surface area contributed by atoms with Gasteiger partial charge in [0.2, 0.25) is 0 Å². The fourth-order valence-corrected chi connectivity index (χ4v) is 0.426. The van der Waals surface area contributed by atoms with E-state index in [1.54, 1.807) is 0 Å². The van der Waals surface area contributed by atoms with E-state index < -0.39 is 0 Å². The maximum absolute atomic E-state index is 10.2. The zero-order valence-electron chi connectivity index (χ0n) is 6.30. The molecule has 0 aliphatic carbocycles. The summed E-state index contributed by atoms with van der Waals surface area (Å²) in [6.07, 6.45) is 2.07. The van der Waals surface area contributed by atoms with E-state index in [1.165, 1.54) is 0 Å². The van der Waals surface area contributed by atoms with E-state index in [0.29, 0.717) is 19.0 Å². The minimum atomic E-state index is 0. The molecule has 0 saturated carbocycles. The summed E-state index contributed by atoms with van der Waals surface area (Å²) < 4.78 is 0.375. The largest absolute Gasteiger partial charge is 1.00 e. The van der Waals surface area contributed by atoms with Gasteiger partial charge in [-0.1, -0.05) is 14.2 Å². The van der Waals surface area contributed by atoms with Gasteiger partial charge in [0.15, 0.2) is 0 Å². The van der Waals surface area contributed by atoms with Crippen molar-refractivity contribution in [1.82, 2.24) is 0 Å². The summed E-state index contributed by atoms with van der Waals surface area (Å²) in [5.41, 5.74) is 0. The Bertz CT molecular complexity index is 185. The molecule has 0 unspecified atom stereocenters. The van der Waals surface area contributed by atoms with Gasteiger partial charge in [-0.25, -0.2) is 0 Å². The Kier molecular flexibility index (Phi) is 3.34. The number of aromatic nitrogens is 3. The standard InChI is InChI=1S/C3H3N3O3.Na.H/c7-4-1-5(8)3-6(9)2-4;;/h1-3H;;/q;+1;-1. The molecule has 0 aliphatic heterocycles. The van der Waals surface area contributed by atoms with Gasteiger partial charge in [0.05, 0.1) is 0 Å². The van der Waals surface area contributed by atoms with E-state index in [2.05, 4.69) is 0 Å². The van der Waals surface area contributed by atoms with Crippen LogP contribution < -0.4 is 43.7 Å². The van der Waals surface area contributed by atoms with Crippen LogP contribution in [0.5, 0.6) is 0 Å². The molecule has 0 atom stereocenters. The van der Waals surface area contributed by atoms with Gasteiger partial charge in [-0.2, -0.15) is 0 Å². The van der Waals surface area contributed by atoms with Gasteiger partial charge in [0.1, 0.15) is 0 Å². The number of nitrogens with zero attached hydrogens (tertiary/aromatic N) is 3. The van der Waals surface area contributed by atoms with Crippen molar-refractivity contribution >= 4 is 0 Å². The van der Waals surface area contributed by atoms with Crippen molar-refractivity contribution in [3.8, 4) is 0 Å². The molecule has 1 heterocycles. The van der Waals surface area contributed by atoms with Crippen LogP contribution in [0.2, 0.25) is 0 Å². The second-order valence-electron chi connectivity index (χ2n) is 1.43. The summed E-state index contributed by atoms with van der Waals surface area (Å²) in [7, 11) is 0. The molecule has 7 heteroatoms. The zero-order valence-corrected chi connectivity index (χ0v) is 7.30. The Hall–Kier alpha value is -0.590. The van der Waals surface area contributed by atoms with Crippen molar-refractivity contribution in [3.63, 3.8) is 0 Å². The molecule has 6 nitrogen and oxygen atoms in total. The first-order chi connectivity index (χ1) is 4.18. The van der Waals surface area contributed by atoms with E-state index in [1.807, 2.05) is 0 Å². The molecule has 1 aromatic heterocycles. The Morgan fingerprint density at radius 1 is 0.800 bits per heavy atom. The molecule has 0 N–H and O–H groups in total. The van der Waals surface area contributed by atoms with Crippen LogP contribution in [0.15, 0.2) is 19.0 Å². The molecule has 50 valence electrons. The van der Waals surface area contributed by atoms with Crippen molar-refractivity contribution < 1.29 is 45.2 Å². The molecular weight excluding hydrogens is 149 g/mol. The monoisotopic (exact) mass is 153 g/mol. The summed E-state index contributed by atoms with van der Waals surface area (Å²) >= 11 is 0. The summed E-state index contributed by atoms with van der Waals surface area (Å²) in [6.45, 7) is 0. The molecule has 0 saturated heterocycles. The third kappa shape index (κ3) is 2.34. The third-order valence-electron chi connectivity index (χ3n) is 0.683. The quantitative estimate of drug-likeness (QED) is 0.212. The molecule has 1 aromatic rings. The van der Waals surface area contributed by atoms with Crippen molar-refractivity contribution in [2.75, 3.05) is 0 Å². The molecular formula is C3H4N3NaO3. The van der Waals surface area contributed by atoms with Gasteiger partial charge in [-0.15, -0.1) is 0 Å². The smallest absolute Gasteiger partial charge is 1.00 e. The predicted octanol–water partition coefficient (Wildman–Crippen LogP) is -5.30. The van der Waals surface area contributed by atoms with Gasteiger partial charge in [-0.3, -0.25) is 0 Å². The van der Waals surface area contributed by atoms with Crippen LogP contribution in [-0.4, -0.2) is 0 Å². The maximum atomic E-state index is 10.2. The third-order valence-corrected chi connectivity index (χ3v) is 0.683. The topological polar surface area (TPSA) is 80.8 Å². The van der Waals surface area contributed by atoms with Gasteiger partial charge >= 0.3 is 48.5 Å². The Morgan fingerprint density at radius 3 is 1.20 bits per heavy atom. The summed E-state index contributed by atoms with van der Waals surface area (Å²) in [6, 6.07) is 0. The van der Waals surface area contributed by atoms with Crippen LogP contribution in [0.3, 0.4) is 0 Å². The molecule has 0 radical (unpaired) electrons. The first kappa shape index (κ1) is 9.41. The first-order valence-corrected chi connectivity index (χ1v) is 2.10. The second kappa shape index (κ2) is 3.55. The number of rotatable bonds is 0. The summed E-state index contributed by atoms with van der Waals surface area (Å²) in [4.78, 5) is 0. The van der Waals surface area contributed by atoms with Crippen LogP contribution in [0.25, 0.3) is 0 Å². The van der Waals surface area contributed by atoms with Crippen LogP contribution in [0, 0.1) is 15.6 Å². The second-order valence-corrected chi connectivity index (χ2v) is 1.43. The average Bonchev–Trinajstić information content (AvgIpc) is 1.59. The van der Waals surface area contributed by atoms with Crippen LogP contribution in [-0.2, 0) is 0 Å². The van der Waals surface area contributed by atoms with Crippen LogP contribution in [0.4, 0.5) is 0 Å². The Labute approximate surface area is 79.9 Å². The zero-order chi connectivity index (χ0) is 6.85. The normalized spacial score (nSPS) is 8.40. The van der Waals surface area contributed by atoms with Crippen LogP contribution in [0.1, 0.15) is 1.43 Å². The SMILES string of the molecule is [H-].[Na+].[O-][n+]1c[n+]([O-])c[n+]([O-])c1. The minimum absolute atomic E-state index is 0. The van der Waals surface area contributed by atoms with E-state index in [-0.39, 0.29) is 45.2 Å². The number of hydrogen-bond donors (Lipinski definition) is 0. The number of hydrogen-bond acceptors (Lipinski definition) is 3. The van der Waals surface area contributed by atoms with Crippen molar-refractivity contribution in [2.24, 2.45) is 0 Å². The van der Waals surface area contributed by atoms with Gasteiger partial charge in [-0.05, 0) is 0 Å². The maximum Gasteiger partial charge on any atom is 1.00 e. The Morgan fingerprint density at radius 2 is 1.00 bits per heavy atom. The van der Waals surface area contributed by atoms with Gasteiger partial charge in [0.25, 0.3) is 0 Å². The molecule has 0 amide bonds. The van der Waals surface area contributed by atoms with Crippen molar-refractivity contribution in [2.45, 2.75) is 0 Å². The van der Waals surface area contributed by atoms with Crippen molar-refractivity contribution in [3.05, 3.63) is 34.6 Å². The molecule has 0 aromatic carbocycles. The summed E-state index contributed by atoms with van der Waals surface area (Å²) in [5, 5.41) is 30.6. The molecule has 0 spiro atoms. The van der Waals surface area contributed by atoms with Gasteiger partial charge < -0.3 is 17.0 Å². The predicted molar refractivity (Wildman–Crippen MR) is 24.4 cm³/mol. The first-order valence-electron chi connectivity index (χ1n) is 2.10. The van der Waals surface area contributed by atoms with E-state index in [9.17, 15) is 15.6 Å². The fourth-order valence-electron chi connectivity index (χ4n) is 0.426. The van der Waals surface area contributed by atoms with Gasteiger partial charge in [0, 0.05) is 0 Å². The fraction of sp³-hybridized carbons (Fsp3) is 0. The molecule has 0 bridgehead atoms. The van der Waals surface area contributed by atoms with E-state index in [4.69, 9.17) is 0 Å². The molecule has 0 fully saturated rings. The summed E-state index contributed by atoms with van der Waals surface area (Å²) in [5.74, 6) is 0. The average molecular weight is 153 g/mol. The molecule has 10 heavy (non-hydrogen) atoms. The van der Waals surface area contributed by atoms with E-state index in [0.717, 1.165) is 0 Å². The molecule has 1 rings (SSSR count). The van der Waals surface area contributed by atoms with Crippen LogP contribution >= 0.6 is 0 Å².